The van der Waals surface area contributed by atoms with Crippen molar-refractivity contribution in [2.24, 2.45) is 0 Å². The number of nitrogens with zero attached hydrogens (tertiary/aromatic N) is 3. The molecule has 5 heteroatoms. The number of hydrogen-bond donors (Lipinski definition) is 0. The molecule has 0 N–H and O–H groups in total. The van der Waals surface area contributed by atoms with Gasteiger partial charge in [-0.25, -0.2) is 0 Å². The largest absolute Gasteiger partial charge is 0.423 e. The molecule has 0 unspecified atom stereocenters. The summed E-state index contributed by atoms with van der Waals surface area (Å²) < 4.78 is 8.09. The predicted molar refractivity (Wildman–Crippen MR) is 147 cm³/mol. The Hall–Kier alpha value is -1.38. The van der Waals surface area contributed by atoms with Gasteiger partial charge >= 0.3 is 0 Å². The van der Waals surface area contributed by atoms with Crippen molar-refractivity contribution in [3.8, 4) is 11.4 Å². The van der Waals surface area contributed by atoms with Gasteiger partial charge in [0.15, 0.2) is 0 Å². The number of rotatable bonds is 4. The van der Waals surface area contributed by atoms with E-state index in [-0.39, 0.29) is 19.0 Å². The van der Waals surface area contributed by atoms with E-state index in [4.69, 9.17) is 0 Å². The standard InChI is InChI=1S/C28H46N3PSi/c1-25(2,3)30-24(22-17-14-13-15-18-22)31(26(4,5)6)33(30)29-20-16-19-23(29)21-32(27(7,8)9)28(10,11)12/h13-20H,21H2,1-12H3. The first-order chi connectivity index (χ1) is 14.9. The molecular weight excluding hydrogens is 437 g/mol. The Morgan fingerprint density at radius 2 is 1.30 bits per heavy atom. The van der Waals surface area contributed by atoms with Crippen LogP contribution < -0.4 is 4.22 Å². The number of aromatic nitrogens is 3. The molecule has 0 spiro atoms. The van der Waals surface area contributed by atoms with Crippen LogP contribution in [0.1, 0.15) is 88.8 Å². The van der Waals surface area contributed by atoms with Gasteiger partial charge in [-0.2, -0.15) is 0 Å². The third-order valence-corrected chi connectivity index (χ3v) is 13.5. The highest BCUT2D eigenvalue weighted by atomic mass is 31.1. The van der Waals surface area contributed by atoms with E-state index in [1.165, 1.54) is 23.2 Å². The van der Waals surface area contributed by atoms with Crippen molar-refractivity contribution in [2.75, 3.05) is 0 Å². The second kappa shape index (κ2) is 8.68. The van der Waals surface area contributed by atoms with E-state index >= 15 is 0 Å². The molecular formula is C28H46N3PSi. The van der Waals surface area contributed by atoms with E-state index < -0.39 is 8.90 Å². The minimum Gasteiger partial charge on any atom is -0.423 e. The molecule has 0 bridgehead atoms. The molecule has 0 aliphatic heterocycles. The van der Waals surface area contributed by atoms with Crippen LogP contribution in [0.5, 0.6) is 0 Å². The Morgan fingerprint density at radius 1 is 0.758 bits per heavy atom. The lowest BCUT2D eigenvalue weighted by Gasteiger charge is -2.49. The lowest BCUT2D eigenvalue weighted by atomic mass is 10.1. The Balaban J connectivity index is 2.25. The molecule has 2 aromatic heterocycles. The second-order valence-electron chi connectivity index (χ2n) is 13.3. The van der Waals surface area contributed by atoms with Crippen molar-refractivity contribution in [1.82, 2.24) is 8.45 Å². The maximum absolute atomic E-state index is 2.72. The molecule has 0 atom stereocenters. The summed E-state index contributed by atoms with van der Waals surface area (Å²) in [6, 6.07) is 15.6. The SMILES string of the molecule is CC(C)(C)n1c(-c2ccccc2)[n+](C(C)(C)C)[si-]1-n1cccc1CP(C(C)(C)C)C(C)(C)C. The molecule has 3 nitrogen and oxygen atoms in total. The molecule has 0 aliphatic rings. The van der Waals surface area contributed by atoms with Crippen LogP contribution in [0.4, 0.5) is 0 Å². The zero-order chi connectivity index (χ0) is 25.0. The lowest BCUT2D eigenvalue weighted by molar-refractivity contribution is -0.715. The smallest absolute Gasteiger partial charge is 0.230 e. The summed E-state index contributed by atoms with van der Waals surface area (Å²) in [6.07, 6.45) is 3.52. The fourth-order valence-electron chi connectivity index (χ4n) is 5.02. The molecule has 0 aliphatic carbocycles. The van der Waals surface area contributed by atoms with E-state index in [1.54, 1.807) is 0 Å². The van der Waals surface area contributed by atoms with Gasteiger partial charge in [0.25, 0.3) is 0 Å². The topological polar surface area (TPSA) is 13.7 Å². The molecule has 182 valence electrons. The minimum absolute atomic E-state index is 0.0432. The average molecular weight is 484 g/mol. The van der Waals surface area contributed by atoms with Crippen LogP contribution in [0.25, 0.3) is 11.4 Å². The summed E-state index contributed by atoms with van der Waals surface area (Å²) in [5, 5.41) is 0.628. The van der Waals surface area contributed by atoms with Crippen LogP contribution in [0.3, 0.4) is 0 Å². The van der Waals surface area contributed by atoms with Crippen molar-refractivity contribution in [2.45, 2.75) is 111 Å². The summed E-state index contributed by atoms with van der Waals surface area (Å²) >= 11 is 0. The number of benzene rings is 1. The Labute approximate surface area is 205 Å². The molecule has 3 rings (SSSR count). The van der Waals surface area contributed by atoms with Crippen LogP contribution in [-0.4, -0.2) is 27.7 Å². The highest BCUT2D eigenvalue weighted by Crippen LogP contribution is 2.61. The Kier molecular flexibility index (Phi) is 6.90. The van der Waals surface area contributed by atoms with Crippen LogP contribution >= 0.6 is 7.92 Å². The summed E-state index contributed by atoms with van der Waals surface area (Å²) in [5.41, 5.74) is 2.90. The average Bonchev–Trinajstić information content (AvgIpc) is 3.03. The normalized spacial score (nSPS) is 13.8. The zero-order valence-corrected chi connectivity index (χ0v) is 25.0. The molecule has 0 radical (unpaired) electrons. The van der Waals surface area contributed by atoms with Gasteiger partial charge in [-0.05, 0) is 76.1 Å². The highest BCUT2D eigenvalue weighted by molar-refractivity contribution is 7.60. The van der Waals surface area contributed by atoms with Crippen molar-refractivity contribution in [3.05, 3.63) is 54.4 Å². The van der Waals surface area contributed by atoms with E-state index in [1.807, 2.05) is 0 Å². The van der Waals surface area contributed by atoms with Crippen molar-refractivity contribution in [3.63, 3.8) is 0 Å². The van der Waals surface area contributed by atoms with Crippen LogP contribution in [0.2, 0.25) is 0 Å². The molecule has 0 amide bonds. The fraction of sp³-hybridized carbons (Fsp3) is 0.607. The van der Waals surface area contributed by atoms with Gasteiger partial charge in [0.05, 0.1) is 0 Å². The zero-order valence-electron chi connectivity index (χ0n) is 23.1. The Bertz CT molecular complexity index is 1030. The van der Waals surface area contributed by atoms with Gasteiger partial charge in [0, 0.05) is 34.7 Å². The minimum atomic E-state index is -1.18. The van der Waals surface area contributed by atoms with Crippen LogP contribution in [-0.2, 0) is 17.2 Å². The van der Waals surface area contributed by atoms with E-state index in [2.05, 4.69) is 144 Å². The summed E-state index contributed by atoms with van der Waals surface area (Å²) in [5.74, 6) is 1.37. The van der Waals surface area contributed by atoms with Gasteiger partial charge in [-0.15, -0.1) is 0 Å². The van der Waals surface area contributed by atoms with Crippen molar-refractivity contribution < 1.29 is 4.22 Å². The quantitative estimate of drug-likeness (QED) is 0.271. The molecule has 33 heavy (non-hydrogen) atoms. The van der Waals surface area contributed by atoms with Gasteiger partial charge in [0.1, 0.15) is 5.82 Å². The third kappa shape index (κ3) is 5.33. The first-order valence-corrected chi connectivity index (χ1v) is 15.1. The third-order valence-electron chi connectivity index (χ3n) is 6.19. The molecule has 0 saturated carbocycles. The van der Waals surface area contributed by atoms with Gasteiger partial charge in [-0.1, -0.05) is 67.7 Å². The summed E-state index contributed by atoms with van der Waals surface area (Å²) in [4.78, 5) is 0. The summed E-state index contributed by atoms with van der Waals surface area (Å²) in [6.45, 7) is 28.8. The van der Waals surface area contributed by atoms with Gasteiger partial charge in [-0.3, -0.25) is 0 Å². The van der Waals surface area contributed by atoms with Crippen molar-refractivity contribution >= 4 is 16.8 Å². The van der Waals surface area contributed by atoms with Crippen LogP contribution in [0.15, 0.2) is 48.7 Å². The second-order valence-corrected chi connectivity index (χ2v) is 19.1. The maximum atomic E-state index is 2.72. The molecule has 0 fully saturated rings. The van der Waals surface area contributed by atoms with Crippen molar-refractivity contribution in [1.29, 1.82) is 0 Å². The highest BCUT2D eigenvalue weighted by Gasteiger charge is 2.36. The first-order valence-electron chi connectivity index (χ1n) is 12.3. The monoisotopic (exact) mass is 483 g/mol. The predicted octanol–water partition coefficient (Wildman–Crippen LogP) is 7.39. The van der Waals surface area contributed by atoms with E-state index in [9.17, 15) is 0 Å². The van der Waals surface area contributed by atoms with E-state index in [0.29, 0.717) is 10.3 Å². The fourth-order valence-corrected chi connectivity index (χ4v) is 11.9. The molecule has 2 heterocycles. The molecule has 3 aromatic rings. The van der Waals surface area contributed by atoms with Crippen LogP contribution in [0, 0.1) is 0 Å². The van der Waals surface area contributed by atoms with Gasteiger partial charge < -0.3 is 12.7 Å². The molecule has 0 saturated heterocycles. The number of hydrogen-bond acceptors (Lipinski definition) is 0. The van der Waals surface area contributed by atoms with Gasteiger partial charge in [0.2, 0.25) is 8.90 Å². The lowest BCUT2D eigenvalue weighted by Crippen LogP contribution is -2.72. The maximum Gasteiger partial charge on any atom is 0.230 e. The van der Waals surface area contributed by atoms with E-state index in [0.717, 1.165) is 0 Å². The molecule has 1 aromatic carbocycles. The first kappa shape index (κ1) is 26.2. The Morgan fingerprint density at radius 3 is 1.76 bits per heavy atom. The summed E-state index contributed by atoms with van der Waals surface area (Å²) in [7, 11) is -1.38.